The van der Waals surface area contributed by atoms with Gasteiger partial charge in [-0.25, -0.2) is 4.39 Å². The Hall–Kier alpha value is -2.27. The average molecular weight is 272 g/mol. The Labute approximate surface area is 115 Å². The van der Waals surface area contributed by atoms with Crippen LogP contribution in [-0.2, 0) is 6.42 Å². The zero-order chi connectivity index (χ0) is 14.1. The molecule has 1 heterocycles. The third-order valence-electron chi connectivity index (χ3n) is 3.51. The molecule has 0 radical (unpaired) electrons. The third-order valence-corrected chi connectivity index (χ3v) is 3.51. The van der Waals surface area contributed by atoms with Gasteiger partial charge >= 0.3 is 0 Å². The highest BCUT2D eigenvalue weighted by Gasteiger charge is 2.32. The van der Waals surface area contributed by atoms with Crippen LogP contribution in [-0.4, -0.2) is 22.1 Å². The van der Waals surface area contributed by atoms with E-state index in [0.29, 0.717) is 6.42 Å². The molecule has 1 aromatic heterocycles. The van der Waals surface area contributed by atoms with Crippen LogP contribution >= 0.6 is 0 Å². The minimum Gasteiger partial charge on any atom is -0.390 e. The summed E-state index contributed by atoms with van der Waals surface area (Å²) in [5.74, 6) is -1.23. The van der Waals surface area contributed by atoms with E-state index in [9.17, 15) is 14.3 Å². The molecule has 1 aliphatic rings. The average Bonchev–Trinajstić information content (AvgIpc) is 2.76. The number of hydrogen-bond donors (Lipinski definition) is 2. The first-order valence-corrected chi connectivity index (χ1v) is 6.33. The van der Waals surface area contributed by atoms with E-state index in [1.807, 2.05) is 24.3 Å². The number of hydrogen-bond acceptors (Lipinski definition) is 3. The molecular weight excluding hydrogens is 259 g/mol. The Balaban J connectivity index is 1.85. The van der Waals surface area contributed by atoms with Gasteiger partial charge in [-0.2, -0.15) is 0 Å². The molecule has 2 aromatic rings. The highest BCUT2D eigenvalue weighted by atomic mass is 19.1. The van der Waals surface area contributed by atoms with E-state index >= 15 is 0 Å². The lowest BCUT2D eigenvalue weighted by molar-refractivity contribution is 0.0854. The molecule has 0 spiro atoms. The monoisotopic (exact) mass is 272 g/mol. The zero-order valence-corrected chi connectivity index (χ0v) is 10.6. The van der Waals surface area contributed by atoms with Crippen LogP contribution in [0.5, 0.6) is 0 Å². The van der Waals surface area contributed by atoms with Gasteiger partial charge in [-0.05, 0) is 17.2 Å². The number of benzene rings is 1. The zero-order valence-electron chi connectivity index (χ0n) is 10.6. The van der Waals surface area contributed by atoms with Crippen LogP contribution < -0.4 is 5.32 Å². The summed E-state index contributed by atoms with van der Waals surface area (Å²) in [5, 5.41) is 12.7. The van der Waals surface area contributed by atoms with Gasteiger partial charge in [0, 0.05) is 12.6 Å². The molecular formula is C15H13FN2O2. The number of carbonyl (C=O) groups is 1. The number of rotatable bonds is 2. The van der Waals surface area contributed by atoms with Crippen molar-refractivity contribution in [1.29, 1.82) is 0 Å². The Morgan fingerprint density at radius 3 is 2.95 bits per heavy atom. The van der Waals surface area contributed by atoms with Crippen LogP contribution in [0.4, 0.5) is 4.39 Å². The summed E-state index contributed by atoms with van der Waals surface area (Å²) in [7, 11) is 0. The van der Waals surface area contributed by atoms with Crippen molar-refractivity contribution in [2.75, 3.05) is 0 Å². The standard InChI is InChI=1S/C15H13FN2O2/c16-12-8-17-6-5-11(12)15(20)18-14-10-4-2-1-3-9(10)7-13(14)19/h1-6,8,13-14,19H,7H2,(H,18,20)/t13-,14+/m1/s1. The fraction of sp³-hybridized carbons (Fsp3) is 0.200. The predicted octanol–water partition coefficient (Wildman–Crippen LogP) is 1.61. The molecule has 0 unspecified atom stereocenters. The number of nitrogens with one attached hydrogen (secondary N) is 1. The van der Waals surface area contributed by atoms with E-state index in [1.165, 1.54) is 12.3 Å². The van der Waals surface area contributed by atoms with Crippen molar-refractivity contribution in [1.82, 2.24) is 10.3 Å². The van der Waals surface area contributed by atoms with Crippen molar-refractivity contribution in [2.24, 2.45) is 0 Å². The van der Waals surface area contributed by atoms with Crippen molar-refractivity contribution in [3.63, 3.8) is 0 Å². The lowest BCUT2D eigenvalue weighted by atomic mass is 10.1. The Bertz CT molecular complexity index is 660. The smallest absolute Gasteiger partial charge is 0.254 e. The van der Waals surface area contributed by atoms with Gasteiger partial charge in [-0.1, -0.05) is 24.3 Å². The van der Waals surface area contributed by atoms with Crippen LogP contribution in [0.25, 0.3) is 0 Å². The maximum absolute atomic E-state index is 13.5. The SMILES string of the molecule is O=C(N[C@H]1c2ccccc2C[C@H]1O)c1ccncc1F. The number of aliphatic hydroxyl groups excluding tert-OH is 1. The number of fused-ring (bicyclic) bond motifs is 1. The first kappa shape index (κ1) is 12.7. The molecule has 102 valence electrons. The number of aliphatic hydroxyl groups is 1. The van der Waals surface area contributed by atoms with Gasteiger partial charge in [-0.15, -0.1) is 0 Å². The van der Waals surface area contributed by atoms with Gasteiger partial charge < -0.3 is 10.4 Å². The first-order valence-electron chi connectivity index (χ1n) is 6.33. The maximum Gasteiger partial charge on any atom is 0.254 e. The number of carbonyl (C=O) groups excluding carboxylic acids is 1. The van der Waals surface area contributed by atoms with E-state index < -0.39 is 23.9 Å². The van der Waals surface area contributed by atoms with Gasteiger partial charge in [0.25, 0.3) is 5.91 Å². The lowest BCUT2D eigenvalue weighted by Gasteiger charge is -2.18. The normalized spacial score (nSPS) is 20.5. The summed E-state index contributed by atoms with van der Waals surface area (Å²) in [5.41, 5.74) is 1.81. The molecule has 0 saturated carbocycles. The fourth-order valence-electron chi connectivity index (χ4n) is 2.53. The molecule has 0 fully saturated rings. The quantitative estimate of drug-likeness (QED) is 0.873. The van der Waals surface area contributed by atoms with Crippen molar-refractivity contribution in [2.45, 2.75) is 18.6 Å². The minimum atomic E-state index is -0.693. The fourth-order valence-corrected chi connectivity index (χ4v) is 2.53. The molecule has 2 atom stereocenters. The van der Waals surface area contributed by atoms with Gasteiger partial charge in [0.2, 0.25) is 0 Å². The minimum absolute atomic E-state index is 0.0726. The van der Waals surface area contributed by atoms with Crippen molar-refractivity contribution < 1.29 is 14.3 Å². The topological polar surface area (TPSA) is 62.2 Å². The second kappa shape index (κ2) is 5.02. The summed E-state index contributed by atoms with van der Waals surface area (Å²) in [6.45, 7) is 0. The molecule has 0 saturated heterocycles. The Morgan fingerprint density at radius 2 is 2.15 bits per heavy atom. The Kier molecular flexibility index (Phi) is 3.20. The van der Waals surface area contributed by atoms with Crippen molar-refractivity contribution in [3.05, 3.63) is 65.2 Å². The number of pyridine rings is 1. The van der Waals surface area contributed by atoms with Gasteiger partial charge in [0.1, 0.15) is 0 Å². The van der Waals surface area contributed by atoms with Crippen LogP contribution in [0.2, 0.25) is 0 Å². The second-order valence-corrected chi connectivity index (χ2v) is 4.78. The van der Waals surface area contributed by atoms with E-state index in [2.05, 4.69) is 10.3 Å². The van der Waals surface area contributed by atoms with Gasteiger partial charge in [0.15, 0.2) is 5.82 Å². The summed E-state index contributed by atoms with van der Waals surface area (Å²) in [4.78, 5) is 15.7. The second-order valence-electron chi connectivity index (χ2n) is 4.78. The molecule has 0 bridgehead atoms. The summed E-state index contributed by atoms with van der Waals surface area (Å²) < 4.78 is 13.5. The molecule has 3 rings (SSSR count). The maximum atomic E-state index is 13.5. The van der Waals surface area contributed by atoms with Crippen LogP contribution in [0.3, 0.4) is 0 Å². The molecule has 2 N–H and O–H groups in total. The highest BCUT2D eigenvalue weighted by molar-refractivity contribution is 5.94. The molecule has 0 aliphatic heterocycles. The molecule has 20 heavy (non-hydrogen) atoms. The van der Waals surface area contributed by atoms with Gasteiger partial charge in [0.05, 0.1) is 23.9 Å². The molecule has 5 heteroatoms. The third kappa shape index (κ3) is 2.16. The number of halogens is 1. The molecule has 1 aliphatic carbocycles. The molecule has 1 aromatic carbocycles. The highest BCUT2D eigenvalue weighted by Crippen LogP contribution is 2.31. The number of amides is 1. The molecule has 4 nitrogen and oxygen atoms in total. The summed E-state index contributed by atoms with van der Waals surface area (Å²) in [6, 6.07) is 8.32. The van der Waals surface area contributed by atoms with Gasteiger partial charge in [-0.3, -0.25) is 9.78 Å². The van der Waals surface area contributed by atoms with E-state index in [-0.39, 0.29) is 5.56 Å². The predicted molar refractivity (Wildman–Crippen MR) is 70.6 cm³/mol. The first-order chi connectivity index (χ1) is 9.66. The number of nitrogens with zero attached hydrogens (tertiary/aromatic N) is 1. The summed E-state index contributed by atoms with van der Waals surface area (Å²) in [6.07, 6.45) is 2.14. The number of aromatic nitrogens is 1. The molecule has 1 amide bonds. The van der Waals surface area contributed by atoms with Crippen LogP contribution in [0.1, 0.15) is 27.5 Å². The lowest BCUT2D eigenvalue weighted by Crippen LogP contribution is -2.34. The largest absolute Gasteiger partial charge is 0.390 e. The summed E-state index contributed by atoms with van der Waals surface area (Å²) >= 11 is 0. The van der Waals surface area contributed by atoms with Crippen LogP contribution in [0, 0.1) is 5.82 Å². The van der Waals surface area contributed by atoms with Crippen LogP contribution in [0.15, 0.2) is 42.7 Å². The van der Waals surface area contributed by atoms with E-state index in [0.717, 1.165) is 17.3 Å². The van der Waals surface area contributed by atoms with E-state index in [1.54, 1.807) is 0 Å². The van der Waals surface area contributed by atoms with Crippen molar-refractivity contribution >= 4 is 5.91 Å². The van der Waals surface area contributed by atoms with Crippen molar-refractivity contribution in [3.8, 4) is 0 Å². The van der Waals surface area contributed by atoms with E-state index in [4.69, 9.17) is 0 Å². The Morgan fingerprint density at radius 1 is 1.35 bits per heavy atom.